The third-order valence-electron chi connectivity index (χ3n) is 2.46. The SMILES string of the molecule is c1ccc(OCSc2nnc(NC3CC3)s2)cc1. The van der Waals surface area contributed by atoms with E-state index in [-0.39, 0.29) is 0 Å². The number of anilines is 1. The Morgan fingerprint density at radius 3 is 2.89 bits per heavy atom. The van der Waals surface area contributed by atoms with Gasteiger partial charge < -0.3 is 10.1 Å². The van der Waals surface area contributed by atoms with Crippen LogP contribution in [0.4, 0.5) is 5.13 Å². The number of rotatable bonds is 6. The summed E-state index contributed by atoms with van der Waals surface area (Å²) in [6.45, 7) is 0. The first-order chi connectivity index (χ1) is 8.90. The highest BCUT2D eigenvalue weighted by molar-refractivity contribution is 8.00. The van der Waals surface area contributed by atoms with Gasteiger partial charge in [0.25, 0.3) is 0 Å². The summed E-state index contributed by atoms with van der Waals surface area (Å²) in [5, 5.41) is 12.5. The van der Waals surface area contributed by atoms with Crippen molar-refractivity contribution >= 4 is 28.2 Å². The summed E-state index contributed by atoms with van der Waals surface area (Å²) in [6, 6.07) is 10.4. The Bertz CT molecular complexity index is 499. The van der Waals surface area contributed by atoms with Gasteiger partial charge in [0.05, 0.1) is 0 Å². The van der Waals surface area contributed by atoms with E-state index >= 15 is 0 Å². The molecule has 1 aliphatic carbocycles. The van der Waals surface area contributed by atoms with Crippen molar-refractivity contribution in [3.63, 3.8) is 0 Å². The standard InChI is InChI=1S/C12H13N3OS2/c1-2-4-10(5-3-1)16-8-17-12-15-14-11(18-12)13-9-6-7-9/h1-5,9H,6-8H2,(H,13,14). The van der Waals surface area contributed by atoms with E-state index < -0.39 is 0 Å². The second kappa shape index (κ2) is 5.58. The van der Waals surface area contributed by atoms with Gasteiger partial charge in [-0.3, -0.25) is 0 Å². The highest BCUT2D eigenvalue weighted by atomic mass is 32.2. The average Bonchev–Trinajstić information content (AvgIpc) is 3.10. The Hall–Kier alpha value is -1.27. The minimum atomic E-state index is 0.558. The van der Waals surface area contributed by atoms with Gasteiger partial charge in [-0.1, -0.05) is 41.3 Å². The van der Waals surface area contributed by atoms with Gasteiger partial charge >= 0.3 is 0 Å². The van der Waals surface area contributed by atoms with Crippen LogP contribution in [0.2, 0.25) is 0 Å². The molecule has 0 saturated heterocycles. The Morgan fingerprint density at radius 2 is 2.11 bits per heavy atom. The molecule has 1 fully saturated rings. The van der Waals surface area contributed by atoms with E-state index in [1.54, 1.807) is 23.1 Å². The Labute approximate surface area is 114 Å². The van der Waals surface area contributed by atoms with Crippen molar-refractivity contribution in [2.45, 2.75) is 23.2 Å². The molecule has 0 bridgehead atoms. The van der Waals surface area contributed by atoms with Crippen LogP contribution in [-0.2, 0) is 0 Å². The average molecular weight is 279 g/mol. The molecule has 1 aromatic carbocycles. The molecule has 0 amide bonds. The molecule has 1 heterocycles. The monoisotopic (exact) mass is 279 g/mol. The largest absolute Gasteiger partial charge is 0.483 e. The summed E-state index contributed by atoms with van der Waals surface area (Å²) >= 11 is 3.15. The van der Waals surface area contributed by atoms with E-state index in [1.165, 1.54) is 12.8 Å². The van der Waals surface area contributed by atoms with Crippen LogP contribution >= 0.6 is 23.1 Å². The number of nitrogens with zero attached hydrogens (tertiary/aromatic N) is 2. The fourth-order valence-corrected chi connectivity index (χ4v) is 2.96. The summed E-state index contributed by atoms with van der Waals surface area (Å²) in [7, 11) is 0. The minimum absolute atomic E-state index is 0.558. The van der Waals surface area contributed by atoms with Crippen molar-refractivity contribution in [1.29, 1.82) is 0 Å². The molecule has 94 valence electrons. The van der Waals surface area contributed by atoms with E-state index in [9.17, 15) is 0 Å². The molecule has 1 N–H and O–H groups in total. The first-order valence-corrected chi connectivity index (χ1v) is 7.61. The van der Waals surface area contributed by atoms with Crippen LogP contribution in [-0.4, -0.2) is 22.2 Å². The van der Waals surface area contributed by atoms with Crippen molar-refractivity contribution in [2.24, 2.45) is 0 Å². The lowest BCUT2D eigenvalue weighted by atomic mass is 10.3. The van der Waals surface area contributed by atoms with Gasteiger partial charge in [0.15, 0.2) is 4.34 Å². The van der Waals surface area contributed by atoms with E-state index in [0.717, 1.165) is 15.2 Å². The van der Waals surface area contributed by atoms with Gasteiger partial charge in [-0.2, -0.15) is 0 Å². The van der Waals surface area contributed by atoms with Gasteiger partial charge in [-0.25, -0.2) is 0 Å². The topological polar surface area (TPSA) is 47.0 Å². The predicted molar refractivity (Wildman–Crippen MR) is 74.3 cm³/mol. The fraction of sp³-hybridized carbons (Fsp3) is 0.333. The molecule has 18 heavy (non-hydrogen) atoms. The maximum atomic E-state index is 5.59. The zero-order chi connectivity index (χ0) is 12.2. The number of benzene rings is 1. The Morgan fingerprint density at radius 1 is 1.28 bits per heavy atom. The van der Waals surface area contributed by atoms with E-state index in [0.29, 0.717) is 12.0 Å². The molecule has 0 aliphatic heterocycles. The van der Waals surface area contributed by atoms with Crippen LogP contribution in [0.15, 0.2) is 34.7 Å². The zero-order valence-corrected chi connectivity index (χ0v) is 11.3. The van der Waals surface area contributed by atoms with E-state index in [4.69, 9.17) is 4.74 Å². The van der Waals surface area contributed by atoms with Crippen LogP contribution in [0, 0.1) is 0 Å². The predicted octanol–water partition coefficient (Wildman–Crippen LogP) is 3.24. The van der Waals surface area contributed by atoms with Gasteiger partial charge in [0.2, 0.25) is 5.13 Å². The molecule has 1 aliphatic rings. The molecule has 1 aromatic heterocycles. The number of ether oxygens (including phenoxy) is 1. The third-order valence-corrected chi connectivity index (χ3v) is 4.28. The van der Waals surface area contributed by atoms with Crippen molar-refractivity contribution in [2.75, 3.05) is 11.3 Å². The second-order valence-corrected chi connectivity index (χ2v) is 6.16. The summed E-state index contributed by atoms with van der Waals surface area (Å²) in [5.41, 5.74) is 0. The van der Waals surface area contributed by atoms with Crippen molar-refractivity contribution in [3.05, 3.63) is 30.3 Å². The van der Waals surface area contributed by atoms with Crippen molar-refractivity contribution in [3.8, 4) is 5.75 Å². The van der Waals surface area contributed by atoms with Crippen LogP contribution in [0.25, 0.3) is 0 Å². The molecular weight excluding hydrogens is 266 g/mol. The molecule has 0 spiro atoms. The minimum Gasteiger partial charge on any atom is -0.483 e. The molecule has 0 radical (unpaired) electrons. The lowest BCUT2D eigenvalue weighted by molar-refractivity contribution is 0.393. The highest BCUT2D eigenvalue weighted by Gasteiger charge is 2.22. The third kappa shape index (κ3) is 3.36. The molecule has 4 nitrogen and oxygen atoms in total. The highest BCUT2D eigenvalue weighted by Crippen LogP contribution is 2.30. The summed E-state index contributed by atoms with van der Waals surface area (Å²) in [6.07, 6.45) is 2.50. The summed E-state index contributed by atoms with van der Waals surface area (Å²) in [4.78, 5) is 0. The first-order valence-electron chi connectivity index (χ1n) is 5.81. The molecule has 1 saturated carbocycles. The molecule has 0 atom stereocenters. The number of para-hydroxylation sites is 1. The van der Waals surface area contributed by atoms with Gasteiger partial charge in [-0.05, 0) is 25.0 Å². The van der Waals surface area contributed by atoms with E-state index in [2.05, 4.69) is 15.5 Å². The Kier molecular flexibility index (Phi) is 3.66. The maximum Gasteiger partial charge on any atom is 0.206 e. The van der Waals surface area contributed by atoms with Crippen LogP contribution < -0.4 is 10.1 Å². The van der Waals surface area contributed by atoms with E-state index in [1.807, 2.05) is 30.3 Å². The number of hydrogen-bond acceptors (Lipinski definition) is 6. The van der Waals surface area contributed by atoms with Gasteiger partial charge in [0, 0.05) is 6.04 Å². The fourth-order valence-electron chi connectivity index (χ4n) is 1.39. The number of nitrogens with one attached hydrogen (secondary N) is 1. The molecule has 2 aromatic rings. The molecule has 0 unspecified atom stereocenters. The number of hydrogen-bond donors (Lipinski definition) is 1. The first kappa shape index (κ1) is 11.8. The smallest absolute Gasteiger partial charge is 0.206 e. The molecular formula is C12H13N3OS2. The summed E-state index contributed by atoms with van der Waals surface area (Å²) < 4.78 is 6.53. The second-order valence-electron chi connectivity index (χ2n) is 4.01. The van der Waals surface area contributed by atoms with Crippen LogP contribution in [0.3, 0.4) is 0 Å². The maximum absolute atomic E-state index is 5.59. The zero-order valence-electron chi connectivity index (χ0n) is 9.70. The molecule has 3 rings (SSSR count). The molecule has 6 heteroatoms. The summed E-state index contributed by atoms with van der Waals surface area (Å²) in [5.74, 6) is 1.44. The van der Waals surface area contributed by atoms with Crippen molar-refractivity contribution in [1.82, 2.24) is 10.2 Å². The van der Waals surface area contributed by atoms with Gasteiger partial charge in [-0.15, -0.1) is 10.2 Å². The van der Waals surface area contributed by atoms with Crippen molar-refractivity contribution < 1.29 is 4.74 Å². The van der Waals surface area contributed by atoms with Crippen LogP contribution in [0.1, 0.15) is 12.8 Å². The Balaban J connectivity index is 1.46. The quantitative estimate of drug-likeness (QED) is 0.649. The number of aromatic nitrogens is 2. The lowest BCUT2D eigenvalue weighted by Gasteiger charge is -2.02. The number of thioether (sulfide) groups is 1. The lowest BCUT2D eigenvalue weighted by Crippen LogP contribution is -1.99. The van der Waals surface area contributed by atoms with Crippen LogP contribution in [0.5, 0.6) is 5.75 Å². The normalized spacial score (nSPS) is 14.4. The van der Waals surface area contributed by atoms with Gasteiger partial charge in [0.1, 0.15) is 11.7 Å².